The smallest absolute Gasteiger partial charge is 0.251 e. The van der Waals surface area contributed by atoms with Crippen molar-refractivity contribution >= 4 is 29.2 Å². The number of nitrogens with one attached hydrogen (secondary N) is 2. The molecule has 0 aliphatic heterocycles. The molecular weight excluding hydrogens is 518 g/mol. The predicted octanol–water partition coefficient (Wildman–Crippen LogP) is 3.64. The lowest BCUT2D eigenvalue weighted by Crippen LogP contribution is -2.37. The first-order valence-electron chi connectivity index (χ1n) is 13.8. The second-order valence-corrected chi connectivity index (χ2v) is 9.99. The van der Waals surface area contributed by atoms with Gasteiger partial charge in [-0.25, -0.2) is 4.99 Å². The Labute approximate surface area is 241 Å². The van der Waals surface area contributed by atoms with Crippen molar-refractivity contribution in [2.45, 2.75) is 45.3 Å². The fourth-order valence-corrected chi connectivity index (χ4v) is 4.15. The van der Waals surface area contributed by atoms with E-state index in [0.717, 1.165) is 11.1 Å². The highest BCUT2D eigenvalue weighted by atomic mass is 16.5. The van der Waals surface area contributed by atoms with Gasteiger partial charge in [-0.2, -0.15) is 0 Å². The Morgan fingerprint density at radius 1 is 0.854 bits per heavy atom. The van der Waals surface area contributed by atoms with Crippen molar-refractivity contribution in [2.24, 2.45) is 22.4 Å². The molecular formula is C32H39N5O4. The number of ketones is 1. The number of nitrogens with zero attached hydrogens (tertiary/aromatic N) is 1. The highest BCUT2D eigenvalue weighted by Crippen LogP contribution is 2.15. The fourth-order valence-electron chi connectivity index (χ4n) is 4.15. The second-order valence-electron chi connectivity index (χ2n) is 9.99. The Morgan fingerprint density at radius 3 is 2.22 bits per heavy atom. The summed E-state index contributed by atoms with van der Waals surface area (Å²) >= 11 is 0. The number of carbonyl (C=O) groups excluding carboxylic acids is 3. The number of nitrogens with two attached hydrogens (primary N) is 2. The molecule has 0 aliphatic rings. The minimum absolute atomic E-state index is 0.0501. The molecule has 3 rings (SSSR count). The van der Waals surface area contributed by atoms with Gasteiger partial charge in [0.2, 0.25) is 5.91 Å². The van der Waals surface area contributed by atoms with Crippen LogP contribution >= 0.6 is 0 Å². The molecule has 2 atom stereocenters. The van der Waals surface area contributed by atoms with Crippen LogP contribution < -0.4 is 22.1 Å². The van der Waals surface area contributed by atoms with E-state index in [1.54, 1.807) is 24.3 Å². The van der Waals surface area contributed by atoms with E-state index in [4.69, 9.17) is 16.2 Å². The van der Waals surface area contributed by atoms with Crippen LogP contribution in [0.2, 0.25) is 0 Å². The summed E-state index contributed by atoms with van der Waals surface area (Å²) in [7, 11) is 0. The lowest BCUT2D eigenvalue weighted by atomic mass is 10.0. The number of rotatable bonds is 16. The van der Waals surface area contributed by atoms with Gasteiger partial charge < -0.3 is 26.8 Å². The van der Waals surface area contributed by atoms with Crippen LogP contribution in [0.15, 0.2) is 89.9 Å². The average Bonchev–Trinajstić information content (AvgIpc) is 2.98. The van der Waals surface area contributed by atoms with Gasteiger partial charge in [0.1, 0.15) is 6.10 Å². The molecule has 3 aromatic rings. The van der Waals surface area contributed by atoms with E-state index >= 15 is 0 Å². The van der Waals surface area contributed by atoms with E-state index in [-0.39, 0.29) is 42.4 Å². The quantitative estimate of drug-likeness (QED) is 0.156. The van der Waals surface area contributed by atoms with Crippen molar-refractivity contribution in [3.63, 3.8) is 0 Å². The number of ether oxygens (including phenoxy) is 1. The Hall–Kier alpha value is -4.50. The third-order valence-corrected chi connectivity index (χ3v) is 6.49. The highest BCUT2D eigenvalue weighted by molar-refractivity contribution is 5.95. The normalized spacial score (nSPS) is 12.1. The molecule has 41 heavy (non-hydrogen) atoms. The largest absolute Gasteiger partial charge is 0.370 e. The molecule has 0 bridgehead atoms. The molecule has 0 fully saturated rings. The summed E-state index contributed by atoms with van der Waals surface area (Å²) in [5.74, 6) is -0.663. The number of amides is 2. The van der Waals surface area contributed by atoms with Crippen molar-refractivity contribution in [3.05, 3.63) is 102 Å². The van der Waals surface area contributed by atoms with Crippen LogP contribution in [0.1, 0.15) is 47.7 Å². The van der Waals surface area contributed by atoms with Gasteiger partial charge in [-0.3, -0.25) is 14.4 Å². The number of benzene rings is 3. The van der Waals surface area contributed by atoms with Gasteiger partial charge in [0.05, 0.1) is 18.8 Å². The summed E-state index contributed by atoms with van der Waals surface area (Å²) in [6.45, 7) is 2.57. The van der Waals surface area contributed by atoms with E-state index in [9.17, 15) is 14.4 Å². The molecule has 9 heteroatoms. The van der Waals surface area contributed by atoms with Crippen LogP contribution in [-0.2, 0) is 27.4 Å². The zero-order valence-electron chi connectivity index (χ0n) is 23.4. The molecule has 3 aromatic carbocycles. The number of Topliss-reactive ketones (excluding diaryl/α,β-unsaturated/α-hetero) is 1. The third-order valence-electron chi connectivity index (χ3n) is 6.49. The zero-order valence-corrected chi connectivity index (χ0v) is 23.4. The SMILES string of the molecule is CC(CCC(=O)NCC(=O)C(CCc1ccccc1)OCc1ccccc1)CNC(=O)c1cccc(N=C(N)N)c1. The van der Waals surface area contributed by atoms with Crippen LogP contribution in [0.5, 0.6) is 0 Å². The topological polar surface area (TPSA) is 149 Å². The van der Waals surface area contributed by atoms with Gasteiger partial charge in [-0.05, 0) is 54.5 Å². The minimum Gasteiger partial charge on any atom is -0.370 e. The van der Waals surface area contributed by atoms with Crippen LogP contribution in [0.25, 0.3) is 0 Å². The number of hydrogen-bond donors (Lipinski definition) is 4. The highest BCUT2D eigenvalue weighted by Gasteiger charge is 2.20. The number of hydrogen-bond acceptors (Lipinski definition) is 5. The second kappa shape index (κ2) is 16.6. The van der Waals surface area contributed by atoms with Gasteiger partial charge in [0.15, 0.2) is 11.7 Å². The molecule has 2 unspecified atom stereocenters. The maximum Gasteiger partial charge on any atom is 0.251 e. The first kappa shape index (κ1) is 31.0. The molecule has 0 saturated heterocycles. The van der Waals surface area contributed by atoms with Crippen LogP contribution in [0, 0.1) is 5.92 Å². The van der Waals surface area contributed by atoms with Crippen LogP contribution in [0.4, 0.5) is 5.69 Å². The Morgan fingerprint density at radius 2 is 1.54 bits per heavy atom. The maximum absolute atomic E-state index is 13.0. The van der Waals surface area contributed by atoms with Crippen LogP contribution in [0.3, 0.4) is 0 Å². The summed E-state index contributed by atoms with van der Waals surface area (Å²) in [6.07, 6.45) is 1.38. The average molecular weight is 558 g/mol. The third kappa shape index (κ3) is 11.6. The Kier molecular flexibility index (Phi) is 12.5. The van der Waals surface area contributed by atoms with Crippen LogP contribution in [-0.4, -0.2) is 42.8 Å². The van der Waals surface area contributed by atoms with E-state index in [2.05, 4.69) is 15.6 Å². The van der Waals surface area contributed by atoms with Gasteiger partial charge >= 0.3 is 0 Å². The summed E-state index contributed by atoms with van der Waals surface area (Å²) in [5.41, 5.74) is 13.8. The molecule has 0 aliphatic carbocycles. The van der Waals surface area contributed by atoms with Crippen molar-refractivity contribution in [1.82, 2.24) is 10.6 Å². The molecule has 0 aromatic heterocycles. The number of guanidine groups is 1. The molecule has 0 saturated carbocycles. The zero-order chi connectivity index (χ0) is 29.5. The first-order valence-corrected chi connectivity index (χ1v) is 13.8. The fraction of sp³-hybridized carbons (Fsp3) is 0.312. The first-order chi connectivity index (χ1) is 19.8. The van der Waals surface area contributed by atoms with Crippen molar-refractivity contribution in [2.75, 3.05) is 13.1 Å². The summed E-state index contributed by atoms with van der Waals surface area (Å²) in [5, 5.41) is 5.61. The van der Waals surface area contributed by atoms with Gasteiger partial charge in [0, 0.05) is 18.5 Å². The monoisotopic (exact) mass is 557 g/mol. The Balaban J connectivity index is 1.42. The molecule has 2 amide bonds. The molecule has 9 nitrogen and oxygen atoms in total. The van der Waals surface area contributed by atoms with Crippen molar-refractivity contribution < 1.29 is 19.1 Å². The number of carbonyl (C=O) groups is 3. The Bertz CT molecular complexity index is 1250. The molecule has 216 valence electrons. The van der Waals surface area contributed by atoms with E-state index in [1.165, 1.54) is 0 Å². The van der Waals surface area contributed by atoms with Gasteiger partial charge in [-0.15, -0.1) is 0 Å². The van der Waals surface area contributed by atoms with E-state index in [1.807, 2.05) is 67.6 Å². The van der Waals surface area contributed by atoms with E-state index in [0.29, 0.717) is 43.7 Å². The van der Waals surface area contributed by atoms with Gasteiger partial charge in [-0.1, -0.05) is 73.7 Å². The standard InChI is InChI=1S/C32H39N5O4/c1-23(20-36-31(40)26-13-8-14-27(19-26)37-32(33)34)15-18-30(39)35-21-28(38)29(17-16-24-9-4-2-5-10-24)41-22-25-11-6-3-7-12-25/h2-14,19,23,29H,15-18,20-22H2,1H3,(H,35,39)(H,36,40)(H4,33,34,37). The summed E-state index contributed by atoms with van der Waals surface area (Å²) < 4.78 is 6.00. The molecule has 0 heterocycles. The summed E-state index contributed by atoms with van der Waals surface area (Å²) in [6, 6.07) is 26.3. The lowest BCUT2D eigenvalue weighted by molar-refractivity contribution is -0.133. The molecule has 0 spiro atoms. The summed E-state index contributed by atoms with van der Waals surface area (Å²) in [4.78, 5) is 42.0. The molecule has 6 N–H and O–H groups in total. The predicted molar refractivity (Wildman–Crippen MR) is 160 cm³/mol. The number of aryl methyl sites for hydroxylation is 1. The van der Waals surface area contributed by atoms with Gasteiger partial charge in [0.25, 0.3) is 5.91 Å². The number of aliphatic imine (C=N–C) groups is 1. The van der Waals surface area contributed by atoms with Crippen molar-refractivity contribution in [3.8, 4) is 0 Å². The lowest BCUT2D eigenvalue weighted by Gasteiger charge is -2.18. The maximum atomic E-state index is 13.0. The minimum atomic E-state index is -0.629. The molecule has 0 radical (unpaired) electrons. The van der Waals surface area contributed by atoms with E-state index < -0.39 is 6.10 Å². The van der Waals surface area contributed by atoms with Crippen molar-refractivity contribution in [1.29, 1.82) is 0 Å².